The SMILES string of the molecule is CCC(N)C(C)c1ccc(OC)cc1[N+](=O)[O-]. The number of hydrogen-bond donors (Lipinski definition) is 1. The highest BCUT2D eigenvalue weighted by atomic mass is 16.6. The number of nitrogens with zero attached hydrogens (tertiary/aromatic N) is 1. The summed E-state index contributed by atoms with van der Waals surface area (Å²) < 4.78 is 4.99. The predicted molar refractivity (Wildman–Crippen MR) is 66.3 cm³/mol. The first-order valence-corrected chi connectivity index (χ1v) is 5.59. The molecule has 2 unspecified atom stereocenters. The van der Waals surface area contributed by atoms with Crippen LogP contribution in [0.15, 0.2) is 18.2 Å². The van der Waals surface area contributed by atoms with Crippen LogP contribution in [0.4, 0.5) is 5.69 Å². The number of ether oxygens (including phenoxy) is 1. The van der Waals surface area contributed by atoms with Crippen molar-refractivity contribution in [2.45, 2.75) is 32.2 Å². The van der Waals surface area contributed by atoms with Gasteiger partial charge in [-0.3, -0.25) is 10.1 Å². The van der Waals surface area contributed by atoms with Gasteiger partial charge in [0, 0.05) is 17.5 Å². The summed E-state index contributed by atoms with van der Waals surface area (Å²) in [6, 6.07) is 4.80. The van der Waals surface area contributed by atoms with Crippen LogP contribution in [0.5, 0.6) is 5.75 Å². The summed E-state index contributed by atoms with van der Waals surface area (Å²) in [6.45, 7) is 3.87. The molecule has 0 amide bonds. The Balaban J connectivity index is 3.18. The fourth-order valence-electron chi connectivity index (χ4n) is 1.78. The Morgan fingerprint density at radius 1 is 1.53 bits per heavy atom. The molecular weight excluding hydrogens is 220 g/mol. The topological polar surface area (TPSA) is 78.4 Å². The summed E-state index contributed by atoms with van der Waals surface area (Å²) in [5.41, 5.74) is 6.66. The zero-order valence-corrected chi connectivity index (χ0v) is 10.3. The second-order valence-electron chi connectivity index (χ2n) is 4.04. The van der Waals surface area contributed by atoms with E-state index < -0.39 is 4.92 Å². The van der Waals surface area contributed by atoms with Crippen molar-refractivity contribution in [3.63, 3.8) is 0 Å². The van der Waals surface area contributed by atoms with Gasteiger partial charge in [0.15, 0.2) is 0 Å². The molecule has 0 bridgehead atoms. The summed E-state index contributed by atoms with van der Waals surface area (Å²) >= 11 is 0. The minimum Gasteiger partial charge on any atom is -0.497 e. The molecule has 0 aromatic heterocycles. The van der Waals surface area contributed by atoms with E-state index in [9.17, 15) is 10.1 Å². The Hall–Kier alpha value is -1.62. The van der Waals surface area contributed by atoms with E-state index in [-0.39, 0.29) is 17.6 Å². The quantitative estimate of drug-likeness (QED) is 0.631. The Kier molecular flexibility index (Phi) is 4.45. The van der Waals surface area contributed by atoms with Gasteiger partial charge in [-0.2, -0.15) is 0 Å². The molecule has 0 aliphatic heterocycles. The van der Waals surface area contributed by atoms with E-state index in [4.69, 9.17) is 10.5 Å². The van der Waals surface area contributed by atoms with Crippen molar-refractivity contribution in [1.82, 2.24) is 0 Å². The molecule has 1 aromatic carbocycles. The van der Waals surface area contributed by atoms with Crippen LogP contribution < -0.4 is 10.5 Å². The van der Waals surface area contributed by atoms with Crippen molar-refractivity contribution < 1.29 is 9.66 Å². The molecule has 17 heavy (non-hydrogen) atoms. The van der Waals surface area contributed by atoms with Crippen LogP contribution in [0.1, 0.15) is 31.7 Å². The van der Waals surface area contributed by atoms with Crippen molar-refractivity contribution in [1.29, 1.82) is 0 Å². The summed E-state index contributed by atoms with van der Waals surface area (Å²) in [4.78, 5) is 10.6. The molecule has 1 aromatic rings. The first-order valence-electron chi connectivity index (χ1n) is 5.59. The van der Waals surface area contributed by atoms with Crippen LogP contribution in [0.3, 0.4) is 0 Å². The van der Waals surface area contributed by atoms with Crippen molar-refractivity contribution in [2.75, 3.05) is 7.11 Å². The predicted octanol–water partition coefficient (Wildman–Crippen LogP) is 2.44. The maximum Gasteiger partial charge on any atom is 0.276 e. The van der Waals surface area contributed by atoms with Gasteiger partial charge in [-0.05, 0) is 18.6 Å². The number of rotatable bonds is 5. The summed E-state index contributed by atoms with van der Waals surface area (Å²) in [6.07, 6.45) is 0.782. The van der Waals surface area contributed by atoms with Gasteiger partial charge < -0.3 is 10.5 Å². The van der Waals surface area contributed by atoms with E-state index in [2.05, 4.69) is 0 Å². The van der Waals surface area contributed by atoms with E-state index >= 15 is 0 Å². The van der Waals surface area contributed by atoms with Crippen LogP contribution >= 0.6 is 0 Å². The molecule has 0 saturated heterocycles. The van der Waals surface area contributed by atoms with E-state index in [0.29, 0.717) is 11.3 Å². The molecule has 0 aliphatic carbocycles. The largest absolute Gasteiger partial charge is 0.497 e. The van der Waals surface area contributed by atoms with Gasteiger partial charge in [0.2, 0.25) is 0 Å². The number of hydrogen-bond acceptors (Lipinski definition) is 4. The summed E-state index contributed by atoms with van der Waals surface area (Å²) in [7, 11) is 1.49. The maximum atomic E-state index is 11.0. The van der Waals surface area contributed by atoms with E-state index in [1.807, 2.05) is 13.8 Å². The number of nitro benzene ring substituents is 1. The van der Waals surface area contributed by atoms with Crippen molar-refractivity contribution in [3.05, 3.63) is 33.9 Å². The Morgan fingerprint density at radius 3 is 2.65 bits per heavy atom. The zero-order chi connectivity index (χ0) is 13.0. The number of methoxy groups -OCH3 is 1. The van der Waals surface area contributed by atoms with Gasteiger partial charge in [-0.1, -0.05) is 13.8 Å². The lowest BCUT2D eigenvalue weighted by Gasteiger charge is -2.18. The molecule has 0 heterocycles. The van der Waals surface area contributed by atoms with Gasteiger partial charge in [-0.15, -0.1) is 0 Å². The van der Waals surface area contributed by atoms with Gasteiger partial charge in [0.25, 0.3) is 5.69 Å². The molecule has 0 saturated carbocycles. The lowest BCUT2D eigenvalue weighted by Crippen LogP contribution is -2.26. The van der Waals surface area contributed by atoms with Crippen molar-refractivity contribution in [2.24, 2.45) is 5.73 Å². The second kappa shape index (κ2) is 5.63. The average molecular weight is 238 g/mol. The smallest absolute Gasteiger partial charge is 0.276 e. The fourth-order valence-corrected chi connectivity index (χ4v) is 1.78. The molecule has 0 spiro atoms. The van der Waals surface area contributed by atoms with Crippen LogP contribution in [-0.2, 0) is 0 Å². The normalized spacial score (nSPS) is 14.1. The average Bonchev–Trinajstić information content (AvgIpc) is 2.35. The first kappa shape index (κ1) is 13.4. The molecule has 2 N–H and O–H groups in total. The first-order chi connectivity index (χ1) is 8.01. The molecule has 0 radical (unpaired) electrons. The lowest BCUT2D eigenvalue weighted by atomic mass is 9.91. The summed E-state index contributed by atoms with van der Waals surface area (Å²) in [5.74, 6) is 0.434. The van der Waals surface area contributed by atoms with Crippen LogP contribution in [0, 0.1) is 10.1 Å². The number of nitrogens with two attached hydrogens (primary N) is 1. The lowest BCUT2D eigenvalue weighted by molar-refractivity contribution is -0.385. The van der Waals surface area contributed by atoms with E-state index in [1.54, 1.807) is 12.1 Å². The minimum atomic E-state index is -0.392. The monoisotopic (exact) mass is 238 g/mol. The third kappa shape index (κ3) is 2.94. The minimum absolute atomic E-state index is 0.0497. The van der Waals surface area contributed by atoms with E-state index in [1.165, 1.54) is 13.2 Å². The van der Waals surface area contributed by atoms with Gasteiger partial charge in [0.05, 0.1) is 18.1 Å². The Labute approximate surface area is 101 Å². The third-order valence-corrected chi connectivity index (χ3v) is 3.04. The van der Waals surface area contributed by atoms with Gasteiger partial charge in [-0.25, -0.2) is 0 Å². The molecule has 5 nitrogen and oxygen atoms in total. The Morgan fingerprint density at radius 2 is 2.18 bits per heavy atom. The number of benzene rings is 1. The summed E-state index contributed by atoms with van der Waals surface area (Å²) in [5, 5.41) is 11.0. The highest BCUT2D eigenvalue weighted by Gasteiger charge is 2.23. The van der Waals surface area contributed by atoms with E-state index in [0.717, 1.165) is 6.42 Å². The van der Waals surface area contributed by atoms with Crippen LogP contribution in [-0.4, -0.2) is 18.1 Å². The highest BCUT2D eigenvalue weighted by molar-refractivity contribution is 5.48. The van der Waals surface area contributed by atoms with Gasteiger partial charge >= 0.3 is 0 Å². The second-order valence-corrected chi connectivity index (χ2v) is 4.04. The molecule has 1 rings (SSSR count). The highest BCUT2D eigenvalue weighted by Crippen LogP contribution is 2.32. The molecule has 0 aliphatic rings. The zero-order valence-electron chi connectivity index (χ0n) is 10.3. The van der Waals surface area contributed by atoms with Gasteiger partial charge in [0.1, 0.15) is 5.75 Å². The Bertz CT molecular complexity index is 407. The van der Waals surface area contributed by atoms with Crippen molar-refractivity contribution in [3.8, 4) is 5.75 Å². The standard InChI is InChI=1S/C12H18N2O3/c1-4-11(13)8(2)10-6-5-9(17-3)7-12(10)14(15)16/h5-8,11H,4,13H2,1-3H3. The molecule has 0 fully saturated rings. The van der Waals surface area contributed by atoms with Crippen LogP contribution in [0.25, 0.3) is 0 Å². The third-order valence-electron chi connectivity index (χ3n) is 3.04. The molecule has 94 valence electrons. The van der Waals surface area contributed by atoms with Crippen molar-refractivity contribution >= 4 is 5.69 Å². The number of nitro groups is 1. The maximum absolute atomic E-state index is 11.0. The molecule has 2 atom stereocenters. The molecule has 5 heteroatoms. The fraction of sp³-hybridized carbons (Fsp3) is 0.500. The van der Waals surface area contributed by atoms with Crippen LogP contribution in [0.2, 0.25) is 0 Å². The molecular formula is C12H18N2O3.